The number of amides is 2. The van der Waals surface area contributed by atoms with E-state index >= 15 is 0 Å². The van der Waals surface area contributed by atoms with Gasteiger partial charge in [-0.3, -0.25) is 9.59 Å². The molecule has 1 N–H and O–H groups in total. The van der Waals surface area contributed by atoms with Gasteiger partial charge in [0.1, 0.15) is 11.8 Å². The number of piperidine rings is 1. The van der Waals surface area contributed by atoms with Crippen molar-refractivity contribution in [3.63, 3.8) is 0 Å². The summed E-state index contributed by atoms with van der Waals surface area (Å²) in [6, 6.07) is 2.76. The van der Waals surface area contributed by atoms with Gasteiger partial charge in [-0.05, 0) is 30.9 Å². The second kappa shape index (κ2) is 6.67. The van der Waals surface area contributed by atoms with E-state index in [0.717, 1.165) is 6.42 Å². The average Bonchev–Trinajstić information content (AvgIpc) is 3.17. The minimum atomic E-state index is -0.966. The summed E-state index contributed by atoms with van der Waals surface area (Å²) < 4.78 is 5.25. The van der Waals surface area contributed by atoms with Crippen molar-refractivity contribution >= 4 is 17.8 Å². The molecule has 2 amide bonds. The number of nitrogens with zero attached hydrogens (tertiary/aromatic N) is 2. The Balaban J connectivity index is 1.66. The summed E-state index contributed by atoms with van der Waals surface area (Å²) in [5.74, 6) is -0.788. The minimum Gasteiger partial charge on any atom is -0.480 e. The Morgan fingerprint density at radius 3 is 2.88 bits per heavy atom. The first-order chi connectivity index (χ1) is 11.5. The number of carboxylic acid groups (broad SMARTS) is 1. The molecule has 0 saturated carbocycles. The second-order valence-corrected chi connectivity index (χ2v) is 6.77. The van der Waals surface area contributed by atoms with E-state index in [0.29, 0.717) is 31.8 Å². The van der Waals surface area contributed by atoms with E-state index in [1.54, 1.807) is 23.3 Å². The zero-order valence-electron chi connectivity index (χ0n) is 13.7. The van der Waals surface area contributed by atoms with Gasteiger partial charge in [-0.1, -0.05) is 6.92 Å². The van der Waals surface area contributed by atoms with Crippen molar-refractivity contribution in [1.29, 1.82) is 0 Å². The van der Waals surface area contributed by atoms with Crippen molar-refractivity contribution in [3.05, 3.63) is 24.2 Å². The van der Waals surface area contributed by atoms with Gasteiger partial charge in [-0.15, -0.1) is 0 Å². The summed E-state index contributed by atoms with van der Waals surface area (Å²) in [4.78, 5) is 39.5. The van der Waals surface area contributed by atoms with Crippen LogP contribution in [0.3, 0.4) is 0 Å². The number of carbonyl (C=O) groups is 3. The summed E-state index contributed by atoms with van der Waals surface area (Å²) in [6.07, 6.45) is 2.95. The first kappa shape index (κ1) is 16.5. The quantitative estimate of drug-likeness (QED) is 0.897. The number of rotatable bonds is 4. The summed E-state index contributed by atoms with van der Waals surface area (Å²) >= 11 is 0. The molecule has 0 aromatic carbocycles. The van der Waals surface area contributed by atoms with Gasteiger partial charge >= 0.3 is 5.97 Å². The zero-order chi connectivity index (χ0) is 17.3. The predicted molar refractivity (Wildman–Crippen MR) is 83.8 cm³/mol. The van der Waals surface area contributed by atoms with Crippen LogP contribution in [0.5, 0.6) is 0 Å². The van der Waals surface area contributed by atoms with E-state index in [-0.39, 0.29) is 24.2 Å². The minimum absolute atomic E-state index is 0.0954. The molecule has 7 heteroatoms. The van der Waals surface area contributed by atoms with Crippen molar-refractivity contribution in [1.82, 2.24) is 9.80 Å². The highest BCUT2D eigenvalue weighted by atomic mass is 16.4. The third-order valence-corrected chi connectivity index (χ3v) is 4.92. The van der Waals surface area contributed by atoms with Crippen LogP contribution in [0, 0.1) is 11.8 Å². The van der Waals surface area contributed by atoms with Crippen molar-refractivity contribution in [3.8, 4) is 0 Å². The van der Waals surface area contributed by atoms with Gasteiger partial charge in [0.25, 0.3) is 0 Å². The van der Waals surface area contributed by atoms with Crippen LogP contribution >= 0.6 is 0 Å². The summed E-state index contributed by atoms with van der Waals surface area (Å²) in [6.45, 7) is 3.10. The fraction of sp³-hybridized carbons (Fsp3) is 0.588. The molecular formula is C17H22N2O5. The predicted octanol–water partition coefficient (Wildman–Crippen LogP) is 1.34. The molecule has 3 rings (SSSR count). The Morgan fingerprint density at radius 1 is 1.42 bits per heavy atom. The van der Waals surface area contributed by atoms with Crippen LogP contribution in [0.1, 0.15) is 31.9 Å². The number of carbonyl (C=O) groups excluding carboxylic acids is 2. The molecule has 0 bridgehead atoms. The van der Waals surface area contributed by atoms with Crippen LogP contribution in [-0.2, 0) is 20.9 Å². The van der Waals surface area contributed by atoms with Crippen LogP contribution in [0.4, 0.5) is 0 Å². The number of carboxylic acids is 1. The Labute approximate surface area is 140 Å². The topological polar surface area (TPSA) is 91.1 Å². The molecule has 3 unspecified atom stereocenters. The van der Waals surface area contributed by atoms with Gasteiger partial charge in [-0.2, -0.15) is 0 Å². The number of furan rings is 1. The van der Waals surface area contributed by atoms with Crippen molar-refractivity contribution in [2.75, 3.05) is 13.1 Å². The molecule has 2 fully saturated rings. The Kier molecular flexibility index (Phi) is 4.59. The maximum absolute atomic E-state index is 12.8. The molecule has 0 aliphatic carbocycles. The van der Waals surface area contributed by atoms with E-state index < -0.39 is 17.9 Å². The van der Waals surface area contributed by atoms with Crippen LogP contribution in [0.25, 0.3) is 0 Å². The summed E-state index contributed by atoms with van der Waals surface area (Å²) in [5.41, 5.74) is 0. The molecule has 1 aromatic rings. The number of hydrogen-bond donors (Lipinski definition) is 1. The lowest BCUT2D eigenvalue weighted by Crippen LogP contribution is -2.52. The van der Waals surface area contributed by atoms with Crippen LogP contribution in [0.15, 0.2) is 22.8 Å². The summed E-state index contributed by atoms with van der Waals surface area (Å²) in [5, 5.41) is 9.41. The van der Waals surface area contributed by atoms with Crippen molar-refractivity contribution < 1.29 is 23.9 Å². The molecule has 24 heavy (non-hydrogen) atoms. The lowest BCUT2D eigenvalue weighted by Gasteiger charge is -2.37. The molecule has 0 spiro atoms. The monoisotopic (exact) mass is 334 g/mol. The maximum atomic E-state index is 12.8. The first-order valence-electron chi connectivity index (χ1n) is 8.29. The molecule has 3 atom stereocenters. The fourth-order valence-electron chi connectivity index (χ4n) is 3.56. The molecular weight excluding hydrogens is 312 g/mol. The smallest absolute Gasteiger partial charge is 0.326 e. The van der Waals surface area contributed by atoms with E-state index in [1.165, 1.54) is 4.90 Å². The third-order valence-electron chi connectivity index (χ3n) is 4.92. The van der Waals surface area contributed by atoms with Crippen LogP contribution < -0.4 is 0 Å². The van der Waals surface area contributed by atoms with Crippen LogP contribution in [0.2, 0.25) is 0 Å². The molecule has 2 aliphatic rings. The molecule has 2 saturated heterocycles. The molecule has 3 heterocycles. The third kappa shape index (κ3) is 3.29. The number of hydrogen-bond acceptors (Lipinski definition) is 4. The zero-order valence-corrected chi connectivity index (χ0v) is 13.7. The Hall–Kier alpha value is -2.31. The van der Waals surface area contributed by atoms with Gasteiger partial charge in [0, 0.05) is 19.5 Å². The Morgan fingerprint density at radius 2 is 2.21 bits per heavy atom. The van der Waals surface area contributed by atoms with E-state index in [4.69, 9.17) is 4.42 Å². The Bertz CT molecular complexity index is 627. The van der Waals surface area contributed by atoms with E-state index in [9.17, 15) is 19.5 Å². The molecule has 2 aliphatic heterocycles. The lowest BCUT2D eigenvalue weighted by molar-refractivity contribution is -0.154. The molecule has 0 radical (unpaired) electrons. The first-order valence-corrected chi connectivity index (χ1v) is 8.29. The number of likely N-dealkylation sites (tertiary alicyclic amines) is 2. The molecule has 130 valence electrons. The van der Waals surface area contributed by atoms with Gasteiger partial charge in [0.05, 0.1) is 18.7 Å². The SMILES string of the molecule is CC1CCN(C(=O)C2CC(=O)N(Cc3ccco3)C2)C(C(=O)O)C1. The maximum Gasteiger partial charge on any atom is 0.326 e. The highest BCUT2D eigenvalue weighted by Gasteiger charge is 2.41. The fourth-order valence-corrected chi connectivity index (χ4v) is 3.56. The molecule has 1 aromatic heterocycles. The molecule has 7 nitrogen and oxygen atoms in total. The van der Waals surface area contributed by atoms with Gasteiger partial charge in [-0.25, -0.2) is 4.79 Å². The highest BCUT2D eigenvalue weighted by Crippen LogP contribution is 2.28. The second-order valence-electron chi connectivity index (χ2n) is 6.77. The van der Waals surface area contributed by atoms with Gasteiger partial charge < -0.3 is 19.3 Å². The number of aliphatic carboxylic acids is 1. The van der Waals surface area contributed by atoms with E-state index in [1.807, 2.05) is 6.92 Å². The van der Waals surface area contributed by atoms with E-state index in [2.05, 4.69) is 0 Å². The largest absolute Gasteiger partial charge is 0.480 e. The van der Waals surface area contributed by atoms with Gasteiger partial charge in [0.15, 0.2) is 0 Å². The highest BCUT2D eigenvalue weighted by molar-refractivity contribution is 5.91. The lowest BCUT2D eigenvalue weighted by atomic mass is 9.91. The summed E-state index contributed by atoms with van der Waals surface area (Å²) in [7, 11) is 0. The van der Waals surface area contributed by atoms with Crippen LogP contribution in [-0.4, -0.2) is 51.8 Å². The normalized spacial score (nSPS) is 27.5. The standard InChI is InChI=1S/C17H22N2O5/c1-11-4-5-19(14(7-11)17(22)23)16(21)12-8-15(20)18(9-12)10-13-3-2-6-24-13/h2-3,6,11-12,14H,4-5,7-10H2,1H3,(H,22,23). The van der Waals surface area contributed by atoms with Crippen molar-refractivity contribution in [2.45, 2.75) is 38.8 Å². The van der Waals surface area contributed by atoms with Crippen molar-refractivity contribution in [2.24, 2.45) is 11.8 Å². The average molecular weight is 334 g/mol. The van der Waals surface area contributed by atoms with Gasteiger partial charge in [0.2, 0.25) is 11.8 Å².